The van der Waals surface area contributed by atoms with Gasteiger partial charge in [0.1, 0.15) is 77.9 Å². The van der Waals surface area contributed by atoms with Crippen molar-refractivity contribution in [3.8, 4) is 45.8 Å². The first kappa shape index (κ1) is 36.8. The maximum atomic E-state index is 13.9. The number of aliphatic hydroxyl groups excluding tert-OH is 6. The van der Waals surface area contributed by atoms with Crippen molar-refractivity contribution in [2.45, 2.75) is 68.3 Å². The quantitative estimate of drug-likeness (QED) is 0.104. The Morgan fingerprint density at radius 1 is 0.760 bits per heavy atom. The predicted octanol–water partition coefficient (Wildman–Crippen LogP) is -1.83. The normalized spacial score (nSPS) is 29.8. The largest absolute Gasteiger partial charge is 0.508 e. The maximum absolute atomic E-state index is 13.9. The predicted molar refractivity (Wildman–Crippen MR) is 163 cm³/mol. The molecule has 19 heteroatoms. The summed E-state index contributed by atoms with van der Waals surface area (Å²) < 4.78 is 43.5. The van der Waals surface area contributed by atoms with Crippen molar-refractivity contribution in [1.29, 1.82) is 0 Å². The highest BCUT2D eigenvalue weighted by Gasteiger charge is 2.48. The molecule has 0 amide bonds. The molecule has 2 saturated heterocycles. The van der Waals surface area contributed by atoms with Crippen LogP contribution < -0.4 is 19.6 Å². The van der Waals surface area contributed by atoms with Gasteiger partial charge in [-0.25, -0.2) is 0 Å². The lowest BCUT2D eigenvalue weighted by Gasteiger charge is -2.42. The van der Waals surface area contributed by atoms with Gasteiger partial charge < -0.3 is 83.5 Å². The SMILES string of the molecule is COc1cc(-c2oc3cc(O)cc(O)c3c(=O)c2O[C@@H]2OC(CO[C@@H]3OC(COC(C)=O)[C@@H](O)C(O)C3O)[C@H](O)C(O)[C@H]2O)cc(OC)c1O. The number of aliphatic hydroxyl groups is 6. The van der Waals surface area contributed by atoms with Gasteiger partial charge in [-0.3, -0.25) is 9.59 Å². The van der Waals surface area contributed by atoms with Crippen LogP contribution in [0.3, 0.4) is 0 Å². The van der Waals surface area contributed by atoms with E-state index in [1.165, 1.54) is 26.4 Å². The summed E-state index contributed by atoms with van der Waals surface area (Å²) in [6.07, 6.45) is -17.7. The fourth-order valence-electron chi connectivity index (χ4n) is 5.44. The first-order valence-electron chi connectivity index (χ1n) is 15.0. The van der Waals surface area contributed by atoms with Gasteiger partial charge in [-0.1, -0.05) is 0 Å². The van der Waals surface area contributed by atoms with E-state index in [0.717, 1.165) is 19.1 Å². The van der Waals surface area contributed by atoms with Crippen LogP contribution in [-0.2, 0) is 23.7 Å². The molecule has 0 bridgehead atoms. The van der Waals surface area contributed by atoms with Gasteiger partial charge in [0.25, 0.3) is 0 Å². The van der Waals surface area contributed by atoms with E-state index in [1.54, 1.807) is 0 Å². The zero-order valence-corrected chi connectivity index (χ0v) is 26.6. The topological polar surface area (TPSA) is 294 Å². The molecule has 2 aliphatic rings. The maximum Gasteiger partial charge on any atom is 0.302 e. The second-order valence-corrected chi connectivity index (χ2v) is 11.4. The highest BCUT2D eigenvalue weighted by molar-refractivity contribution is 5.88. The standard InChI is InChI=1S/C31H36O19/c1-10(32)45-8-17-21(36)24(39)26(41)30(48-17)46-9-18-22(37)25(40)27(42)31(49-18)50-29-23(38)19-13(34)6-12(33)7-14(19)47-28(29)11-4-15(43-2)20(35)16(5-11)44-3/h4-7,17-18,21-22,24-27,30-31,33-37,39-42H,8-9H2,1-3H3/t17?,18?,21-,22+,24?,25?,26?,27-,30-,31+/m1/s1. The number of aromatic hydroxyl groups is 3. The Morgan fingerprint density at radius 3 is 1.90 bits per heavy atom. The number of hydrogen-bond donors (Lipinski definition) is 9. The third-order valence-corrected chi connectivity index (χ3v) is 8.11. The molecular weight excluding hydrogens is 676 g/mol. The van der Waals surface area contributed by atoms with E-state index < -0.39 is 120 Å². The molecular formula is C31H36O19. The van der Waals surface area contributed by atoms with Crippen molar-refractivity contribution in [2.75, 3.05) is 27.4 Å². The van der Waals surface area contributed by atoms with Crippen molar-refractivity contribution >= 4 is 16.9 Å². The number of methoxy groups -OCH3 is 2. The number of fused-ring (bicyclic) bond motifs is 1. The van der Waals surface area contributed by atoms with Crippen LogP contribution in [0.2, 0.25) is 0 Å². The number of hydrogen-bond acceptors (Lipinski definition) is 19. The summed E-state index contributed by atoms with van der Waals surface area (Å²) >= 11 is 0. The number of carbonyl (C=O) groups is 1. The van der Waals surface area contributed by atoms with E-state index in [1.807, 2.05) is 0 Å². The van der Waals surface area contributed by atoms with Crippen molar-refractivity contribution in [3.05, 3.63) is 34.5 Å². The molecule has 5 unspecified atom stereocenters. The van der Waals surface area contributed by atoms with Gasteiger partial charge in [-0.15, -0.1) is 0 Å². The van der Waals surface area contributed by atoms with Crippen LogP contribution in [0.4, 0.5) is 0 Å². The number of ether oxygens (including phenoxy) is 7. The third kappa shape index (κ3) is 7.08. The lowest BCUT2D eigenvalue weighted by molar-refractivity contribution is -0.323. The van der Waals surface area contributed by atoms with Gasteiger partial charge in [0.2, 0.25) is 23.2 Å². The Hall–Kier alpha value is -4.44. The number of rotatable bonds is 10. The van der Waals surface area contributed by atoms with E-state index in [9.17, 15) is 55.5 Å². The van der Waals surface area contributed by atoms with Crippen LogP contribution in [0.15, 0.2) is 33.5 Å². The lowest BCUT2D eigenvalue weighted by atomic mass is 9.98. The van der Waals surface area contributed by atoms with E-state index in [4.69, 9.17) is 37.6 Å². The molecule has 3 heterocycles. The molecule has 2 fully saturated rings. The van der Waals surface area contributed by atoms with E-state index >= 15 is 0 Å². The fraction of sp³-hybridized carbons (Fsp3) is 0.484. The Morgan fingerprint density at radius 2 is 1.32 bits per heavy atom. The van der Waals surface area contributed by atoms with Gasteiger partial charge in [-0.05, 0) is 12.1 Å². The number of benzene rings is 2. The highest BCUT2D eigenvalue weighted by atomic mass is 16.7. The summed E-state index contributed by atoms with van der Waals surface area (Å²) in [5.41, 5.74) is -1.36. The summed E-state index contributed by atoms with van der Waals surface area (Å²) in [5.74, 6) is -3.66. The number of phenolic OH excluding ortho intramolecular Hbond substituents is 3. The average Bonchev–Trinajstić information content (AvgIpc) is 3.07. The van der Waals surface area contributed by atoms with E-state index in [0.29, 0.717) is 0 Å². The van der Waals surface area contributed by atoms with Gasteiger partial charge >= 0.3 is 5.97 Å². The molecule has 50 heavy (non-hydrogen) atoms. The van der Waals surface area contributed by atoms with Crippen molar-refractivity contribution < 1.29 is 88.3 Å². The summed E-state index contributed by atoms with van der Waals surface area (Å²) in [5, 5.41) is 93.7. The number of phenols is 3. The molecule has 2 aliphatic heterocycles. The average molecular weight is 713 g/mol. The zero-order valence-electron chi connectivity index (χ0n) is 26.6. The number of esters is 1. The van der Waals surface area contributed by atoms with Crippen LogP contribution in [0.25, 0.3) is 22.3 Å². The Labute approximate surface area is 281 Å². The summed E-state index contributed by atoms with van der Waals surface area (Å²) in [6.45, 7) is -0.111. The minimum absolute atomic E-state index is 0.00779. The first-order chi connectivity index (χ1) is 23.7. The lowest BCUT2D eigenvalue weighted by Crippen LogP contribution is -2.62. The van der Waals surface area contributed by atoms with Gasteiger partial charge in [0, 0.05) is 24.6 Å². The molecule has 5 rings (SSSR count). The fourth-order valence-corrected chi connectivity index (χ4v) is 5.44. The summed E-state index contributed by atoms with van der Waals surface area (Å²) in [6, 6.07) is 4.37. The molecule has 0 saturated carbocycles. The van der Waals surface area contributed by atoms with Crippen LogP contribution >= 0.6 is 0 Å². The Bertz CT molecular complexity index is 1730. The van der Waals surface area contributed by atoms with E-state index in [2.05, 4.69) is 0 Å². The van der Waals surface area contributed by atoms with Crippen LogP contribution in [0.5, 0.6) is 34.5 Å². The monoisotopic (exact) mass is 712 g/mol. The zero-order chi connectivity index (χ0) is 36.6. The van der Waals surface area contributed by atoms with E-state index in [-0.39, 0.29) is 22.6 Å². The minimum Gasteiger partial charge on any atom is -0.508 e. The number of carbonyl (C=O) groups excluding carboxylic acids is 1. The van der Waals surface area contributed by atoms with Crippen molar-refractivity contribution in [2.24, 2.45) is 0 Å². The van der Waals surface area contributed by atoms with Crippen molar-refractivity contribution in [3.63, 3.8) is 0 Å². The Kier molecular flexibility index (Phi) is 10.9. The van der Waals surface area contributed by atoms with Crippen molar-refractivity contribution in [1.82, 2.24) is 0 Å². The molecule has 3 aromatic rings. The molecule has 0 spiro atoms. The first-order valence-corrected chi connectivity index (χ1v) is 15.0. The molecule has 0 aliphatic carbocycles. The molecule has 274 valence electrons. The second kappa shape index (κ2) is 14.8. The van der Waals surface area contributed by atoms with Crippen LogP contribution in [-0.4, -0.2) is 141 Å². The molecule has 10 atom stereocenters. The van der Waals surface area contributed by atoms with Crippen LogP contribution in [0, 0.1) is 0 Å². The molecule has 1 aromatic heterocycles. The minimum atomic E-state index is -2.02. The molecule has 0 radical (unpaired) electrons. The highest BCUT2D eigenvalue weighted by Crippen LogP contribution is 2.44. The summed E-state index contributed by atoms with van der Waals surface area (Å²) in [4.78, 5) is 25.1. The second-order valence-electron chi connectivity index (χ2n) is 11.4. The van der Waals surface area contributed by atoms with Gasteiger partial charge in [-0.2, -0.15) is 0 Å². The third-order valence-electron chi connectivity index (χ3n) is 8.11. The summed E-state index contributed by atoms with van der Waals surface area (Å²) in [7, 11) is 2.48. The molecule has 9 N–H and O–H groups in total. The molecule has 2 aromatic carbocycles. The van der Waals surface area contributed by atoms with Gasteiger partial charge in [0.15, 0.2) is 23.5 Å². The van der Waals surface area contributed by atoms with Gasteiger partial charge in [0.05, 0.1) is 20.8 Å². The molecule has 19 nitrogen and oxygen atoms in total. The Balaban J connectivity index is 1.48. The smallest absolute Gasteiger partial charge is 0.302 e. The van der Waals surface area contributed by atoms with Crippen LogP contribution in [0.1, 0.15) is 6.92 Å².